The fourth-order valence-electron chi connectivity index (χ4n) is 3.95. The fraction of sp³-hybridized carbons (Fsp3) is 0.222. The molecule has 2 aromatic carbocycles. The molecule has 2 atom stereocenters. The van der Waals surface area contributed by atoms with E-state index in [0.29, 0.717) is 10.6 Å². The van der Waals surface area contributed by atoms with E-state index >= 15 is 0 Å². The zero-order chi connectivity index (χ0) is 18.0. The second kappa shape index (κ2) is 4.87. The molecule has 0 radical (unpaired) electrons. The summed E-state index contributed by atoms with van der Waals surface area (Å²) in [5, 5.41) is 22.2. The number of hydroxylamine groups is 1. The summed E-state index contributed by atoms with van der Waals surface area (Å²) < 4.78 is 13.2. The van der Waals surface area contributed by atoms with Crippen molar-refractivity contribution in [2.45, 2.75) is 24.5 Å². The van der Waals surface area contributed by atoms with Crippen molar-refractivity contribution in [1.82, 2.24) is 0 Å². The van der Waals surface area contributed by atoms with Crippen molar-refractivity contribution in [2.24, 2.45) is 0 Å². The minimum absolute atomic E-state index is 0.0971. The minimum Gasteiger partial charge on any atom is -0.360 e. The van der Waals surface area contributed by atoms with Gasteiger partial charge < -0.3 is 5.11 Å². The molecule has 0 spiro atoms. The summed E-state index contributed by atoms with van der Waals surface area (Å²) in [6.07, 6.45) is 0.0971. The molecule has 128 valence electrons. The van der Waals surface area contributed by atoms with Crippen LogP contribution in [0.25, 0.3) is 0 Å². The first-order valence-corrected chi connectivity index (χ1v) is 7.85. The number of carbonyl (C=O) groups excluding carboxylic acids is 2. The van der Waals surface area contributed by atoms with E-state index in [1.165, 1.54) is 18.2 Å². The topological polar surface area (TPSA) is 81.1 Å². The maximum Gasteiger partial charge on any atom is 0.290 e. The van der Waals surface area contributed by atoms with Gasteiger partial charge in [-0.25, -0.2) is 14.4 Å². The third kappa shape index (κ3) is 1.59. The van der Waals surface area contributed by atoms with Gasteiger partial charge in [-0.05, 0) is 42.3 Å². The first-order valence-electron chi connectivity index (χ1n) is 7.85. The van der Waals surface area contributed by atoms with E-state index < -0.39 is 28.8 Å². The van der Waals surface area contributed by atoms with Gasteiger partial charge in [-0.15, -0.1) is 0 Å². The molecule has 7 heteroatoms. The molecule has 6 nitrogen and oxygen atoms in total. The number of amides is 2. The highest BCUT2D eigenvalue weighted by atomic mass is 19.1. The highest BCUT2D eigenvalue weighted by Crippen LogP contribution is 2.57. The average Bonchev–Trinajstić information content (AvgIpc) is 2.93. The summed E-state index contributed by atoms with van der Waals surface area (Å²) in [6, 6.07) is 11.3. The Hall–Kier alpha value is -2.77. The maximum atomic E-state index is 13.3. The lowest BCUT2D eigenvalue weighted by Gasteiger charge is -2.33. The normalized spacial score (nSPS) is 27.7. The molecule has 2 aromatic rings. The smallest absolute Gasteiger partial charge is 0.290 e. The Kier molecular flexibility index (Phi) is 3.07. The molecule has 0 saturated carbocycles. The summed E-state index contributed by atoms with van der Waals surface area (Å²) in [7, 11) is 0. The zero-order valence-electron chi connectivity index (χ0n) is 13.3. The number of aliphatic hydroxyl groups is 1. The van der Waals surface area contributed by atoms with Gasteiger partial charge in [-0.1, -0.05) is 25.1 Å². The van der Waals surface area contributed by atoms with Crippen molar-refractivity contribution in [3.8, 4) is 0 Å². The first-order chi connectivity index (χ1) is 11.9. The predicted octanol–water partition coefficient (Wildman–Crippen LogP) is 1.94. The number of halogens is 1. The number of benzene rings is 2. The van der Waals surface area contributed by atoms with Gasteiger partial charge in [-0.2, -0.15) is 0 Å². The van der Waals surface area contributed by atoms with Gasteiger partial charge in [-0.3, -0.25) is 14.8 Å². The van der Waals surface area contributed by atoms with Crippen molar-refractivity contribution in [1.29, 1.82) is 0 Å². The lowest BCUT2D eigenvalue weighted by Crippen LogP contribution is -2.59. The van der Waals surface area contributed by atoms with Crippen LogP contribution in [0.1, 0.15) is 18.9 Å². The van der Waals surface area contributed by atoms with Crippen molar-refractivity contribution >= 4 is 23.2 Å². The maximum absolute atomic E-state index is 13.3. The predicted molar refractivity (Wildman–Crippen MR) is 86.5 cm³/mol. The molecule has 2 aliphatic heterocycles. The van der Waals surface area contributed by atoms with Gasteiger partial charge in [0.05, 0.1) is 11.4 Å². The molecular formula is C18H15FN2O4. The molecule has 0 aliphatic carbocycles. The zero-order valence-corrected chi connectivity index (χ0v) is 13.3. The highest BCUT2D eigenvalue weighted by molar-refractivity contribution is 6.30. The molecular weight excluding hydrogens is 327 g/mol. The molecule has 25 heavy (non-hydrogen) atoms. The van der Waals surface area contributed by atoms with Gasteiger partial charge >= 0.3 is 0 Å². The number of hydrogen-bond donors (Lipinski definition) is 2. The van der Waals surface area contributed by atoms with E-state index in [1.54, 1.807) is 25.1 Å². The van der Waals surface area contributed by atoms with Gasteiger partial charge in [0.1, 0.15) is 11.2 Å². The van der Waals surface area contributed by atoms with Gasteiger partial charge in [0.25, 0.3) is 11.6 Å². The van der Waals surface area contributed by atoms with E-state index in [-0.39, 0.29) is 17.8 Å². The van der Waals surface area contributed by atoms with E-state index in [0.717, 1.165) is 17.0 Å². The van der Waals surface area contributed by atoms with Crippen LogP contribution in [-0.2, 0) is 15.0 Å². The Balaban J connectivity index is 1.97. The molecule has 4 rings (SSSR count). The third-order valence-corrected chi connectivity index (χ3v) is 5.18. The number of carbonyl (C=O) groups is 2. The number of fused-ring (bicyclic) bond motifs is 3. The number of nitrogens with zero attached hydrogens (tertiary/aromatic N) is 2. The van der Waals surface area contributed by atoms with Crippen LogP contribution in [0.15, 0.2) is 48.5 Å². The van der Waals surface area contributed by atoms with Crippen LogP contribution in [-0.4, -0.2) is 27.9 Å². The first kappa shape index (κ1) is 15.7. The number of imide groups is 1. The quantitative estimate of drug-likeness (QED) is 0.816. The summed E-state index contributed by atoms with van der Waals surface area (Å²) in [5.74, 6) is -2.14. The second-order valence-electron chi connectivity index (χ2n) is 6.18. The van der Waals surface area contributed by atoms with E-state index in [1.807, 2.05) is 0 Å². The molecule has 0 aromatic heterocycles. The summed E-state index contributed by atoms with van der Waals surface area (Å²) >= 11 is 0. The van der Waals surface area contributed by atoms with E-state index in [9.17, 15) is 24.3 Å². The summed E-state index contributed by atoms with van der Waals surface area (Å²) in [6.45, 7) is 1.67. The van der Waals surface area contributed by atoms with Crippen LogP contribution < -0.4 is 9.96 Å². The van der Waals surface area contributed by atoms with Gasteiger partial charge in [0.15, 0.2) is 0 Å². The molecule has 2 heterocycles. The molecule has 0 bridgehead atoms. The number of para-hydroxylation sites is 1. The van der Waals surface area contributed by atoms with Crippen LogP contribution in [0.5, 0.6) is 0 Å². The van der Waals surface area contributed by atoms with Crippen molar-refractivity contribution in [3.63, 3.8) is 0 Å². The highest BCUT2D eigenvalue weighted by Gasteiger charge is 2.76. The van der Waals surface area contributed by atoms with Crippen LogP contribution in [0.3, 0.4) is 0 Å². The fourth-order valence-corrected chi connectivity index (χ4v) is 3.95. The monoisotopic (exact) mass is 342 g/mol. The van der Waals surface area contributed by atoms with Gasteiger partial charge in [0, 0.05) is 0 Å². The Morgan fingerprint density at radius 2 is 1.68 bits per heavy atom. The molecule has 2 N–H and O–H groups in total. The molecule has 2 amide bonds. The largest absolute Gasteiger partial charge is 0.360 e. The van der Waals surface area contributed by atoms with Crippen molar-refractivity contribution < 1.29 is 24.3 Å². The Morgan fingerprint density at radius 1 is 1.04 bits per heavy atom. The Bertz CT molecular complexity index is 900. The second-order valence-corrected chi connectivity index (χ2v) is 6.18. The standard InChI is InChI=1S/C18H15FN2O4/c1-2-17-13-5-3-4-6-14(13)21(25)18(17,24)16(23)20(15(17)22)12-9-7-11(19)8-10-12/h3-10,24-25H,2H2,1H3/t17-,18-/m0/s1. The molecule has 1 fully saturated rings. The minimum atomic E-state index is -2.45. The van der Waals surface area contributed by atoms with Crippen LogP contribution in [0.4, 0.5) is 15.8 Å². The molecule has 0 unspecified atom stereocenters. The molecule has 1 saturated heterocycles. The van der Waals surface area contributed by atoms with Crippen LogP contribution in [0, 0.1) is 5.82 Å². The third-order valence-electron chi connectivity index (χ3n) is 5.18. The Morgan fingerprint density at radius 3 is 2.32 bits per heavy atom. The number of hydrogen-bond acceptors (Lipinski definition) is 5. The van der Waals surface area contributed by atoms with E-state index in [4.69, 9.17) is 0 Å². The Labute approximate surface area is 142 Å². The number of anilines is 2. The van der Waals surface area contributed by atoms with E-state index in [2.05, 4.69) is 0 Å². The number of rotatable bonds is 2. The van der Waals surface area contributed by atoms with Gasteiger partial charge in [0.2, 0.25) is 5.91 Å². The lowest BCUT2D eigenvalue weighted by atomic mass is 9.73. The SMILES string of the molecule is CC[C@]12C(=O)N(c3ccc(F)cc3)C(=O)[C@@]1(O)N(O)c1ccccc12. The average molecular weight is 342 g/mol. The van der Waals surface area contributed by atoms with Crippen molar-refractivity contribution in [2.75, 3.05) is 9.96 Å². The van der Waals surface area contributed by atoms with Crippen LogP contribution in [0.2, 0.25) is 0 Å². The van der Waals surface area contributed by atoms with Crippen LogP contribution >= 0.6 is 0 Å². The molecule has 2 aliphatic rings. The summed E-state index contributed by atoms with van der Waals surface area (Å²) in [5.41, 5.74) is -3.35. The van der Waals surface area contributed by atoms with Crippen molar-refractivity contribution in [3.05, 3.63) is 59.9 Å². The summed E-state index contributed by atoms with van der Waals surface area (Å²) in [4.78, 5) is 27.1. The lowest BCUT2D eigenvalue weighted by molar-refractivity contribution is -0.147.